The van der Waals surface area contributed by atoms with Crippen LogP contribution in [0.25, 0.3) is 0 Å². The maximum atomic E-state index is 13.1. The molecule has 9 nitrogen and oxygen atoms in total. The average molecular weight is 408 g/mol. The highest BCUT2D eigenvalue weighted by atomic mass is 16.5. The summed E-state index contributed by atoms with van der Waals surface area (Å²) in [5.41, 5.74) is 2.27. The minimum atomic E-state index is -0.288. The number of ether oxygens (including phenoxy) is 1. The second kappa shape index (κ2) is 8.91. The molecule has 0 radical (unpaired) electrons. The predicted molar refractivity (Wildman–Crippen MR) is 110 cm³/mol. The van der Waals surface area contributed by atoms with Crippen LogP contribution in [0.15, 0.2) is 48.9 Å². The second-order valence-electron chi connectivity index (χ2n) is 6.99. The van der Waals surface area contributed by atoms with Crippen LogP contribution in [0.3, 0.4) is 0 Å². The van der Waals surface area contributed by atoms with Gasteiger partial charge in [-0.15, -0.1) is 0 Å². The van der Waals surface area contributed by atoms with Crippen molar-refractivity contribution in [2.45, 2.75) is 20.0 Å². The first kappa shape index (κ1) is 19.8. The number of nitrogens with zero attached hydrogens (tertiary/aromatic N) is 5. The zero-order chi connectivity index (χ0) is 20.9. The lowest BCUT2D eigenvalue weighted by Gasteiger charge is -2.27. The third-order valence-corrected chi connectivity index (χ3v) is 4.98. The van der Waals surface area contributed by atoms with Crippen LogP contribution in [-0.4, -0.2) is 62.6 Å². The van der Waals surface area contributed by atoms with Crippen LogP contribution in [0.4, 0.5) is 5.69 Å². The fourth-order valence-electron chi connectivity index (χ4n) is 3.44. The van der Waals surface area contributed by atoms with Crippen molar-refractivity contribution in [3.8, 4) is 0 Å². The number of hydrogen-bond acceptors (Lipinski definition) is 5. The first-order valence-electron chi connectivity index (χ1n) is 9.96. The Bertz CT molecular complexity index is 1020. The molecule has 0 bridgehead atoms. The normalized spacial score (nSPS) is 14.0. The molecule has 3 heterocycles. The van der Waals surface area contributed by atoms with Gasteiger partial charge in [0.05, 0.1) is 31.6 Å². The largest absolute Gasteiger partial charge is 0.378 e. The number of carbonyl (C=O) groups excluding carboxylic acids is 2. The molecule has 0 atom stereocenters. The quantitative estimate of drug-likeness (QED) is 0.672. The zero-order valence-electron chi connectivity index (χ0n) is 16.8. The third-order valence-electron chi connectivity index (χ3n) is 4.98. The number of rotatable bonds is 6. The third kappa shape index (κ3) is 4.25. The Hall–Kier alpha value is -3.46. The SMILES string of the molecule is CCn1ncc(NC(=O)c2cccc(Cn3cccn3)c2)c1C(=O)N1CCOCC1. The number of amides is 2. The van der Waals surface area contributed by atoms with Crippen molar-refractivity contribution in [1.29, 1.82) is 0 Å². The molecular formula is C21H24N6O3. The number of hydrogen-bond donors (Lipinski definition) is 1. The minimum Gasteiger partial charge on any atom is -0.378 e. The van der Waals surface area contributed by atoms with Crippen LogP contribution in [0.2, 0.25) is 0 Å². The fourth-order valence-corrected chi connectivity index (χ4v) is 3.44. The van der Waals surface area contributed by atoms with Gasteiger partial charge in [-0.3, -0.25) is 19.0 Å². The van der Waals surface area contributed by atoms with Gasteiger partial charge in [0.25, 0.3) is 11.8 Å². The van der Waals surface area contributed by atoms with E-state index < -0.39 is 0 Å². The first-order chi connectivity index (χ1) is 14.7. The van der Waals surface area contributed by atoms with E-state index in [0.29, 0.717) is 56.3 Å². The van der Waals surface area contributed by atoms with Crippen LogP contribution in [-0.2, 0) is 17.8 Å². The summed E-state index contributed by atoms with van der Waals surface area (Å²) in [4.78, 5) is 27.7. The molecule has 2 amide bonds. The van der Waals surface area contributed by atoms with Gasteiger partial charge in [-0.2, -0.15) is 10.2 Å². The lowest BCUT2D eigenvalue weighted by Crippen LogP contribution is -2.41. The standard InChI is InChI=1S/C21H24N6O3/c1-2-27-19(21(29)25-9-11-30-12-10-25)18(14-23-27)24-20(28)17-6-3-5-16(13-17)15-26-8-4-7-22-26/h3-8,13-14H,2,9-12,15H2,1H3,(H,24,28). The average Bonchev–Trinajstić information content (AvgIpc) is 3.43. The van der Waals surface area contributed by atoms with Crippen LogP contribution in [0, 0.1) is 0 Å². The number of anilines is 1. The fraction of sp³-hybridized carbons (Fsp3) is 0.333. The van der Waals surface area contributed by atoms with Crippen LogP contribution in [0.5, 0.6) is 0 Å². The number of aryl methyl sites for hydroxylation is 1. The summed E-state index contributed by atoms with van der Waals surface area (Å²) in [6.07, 6.45) is 5.12. The van der Waals surface area contributed by atoms with Crippen molar-refractivity contribution >= 4 is 17.5 Å². The summed E-state index contributed by atoms with van der Waals surface area (Å²) in [5, 5.41) is 11.3. The topological polar surface area (TPSA) is 94.3 Å². The van der Waals surface area contributed by atoms with E-state index in [1.165, 1.54) is 6.20 Å². The van der Waals surface area contributed by atoms with Crippen LogP contribution in [0.1, 0.15) is 33.3 Å². The Balaban J connectivity index is 1.53. The number of morpholine rings is 1. The molecule has 156 valence electrons. The van der Waals surface area contributed by atoms with E-state index in [9.17, 15) is 9.59 Å². The molecule has 9 heteroatoms. The summed E-state index contributed by atoms with van der Waals surface area (Å²) in [6.45, 7) is 5.08. The van der Waals surface area contributed by atoms with Gasteiger partial charge in [0, 0.05) is 37.6 Å². The Morgan fingerprint density at radius 3 is 2.73 bits per heavy atom. The van der Waals surface area contributed by atoms with Crippen molar-refractivity contribution in [1.82, 2.24) is 24.5 Å². The maximum absolute atomic E-state index is 13.1. The van der Waals surface area contributed by atoms with Crippen molar-refractivity contribution in [3.05, 3.63) is 65.7 Å². The molecule has 1 aliphatic heterocycles. The van der Waals surface area contributed by atoms with Crippen molar-refractivity contribution in [3.63, 3.8) is 0 Å². The van der Waals surface area contributed by atoms with E-state index in [-0.39, 0.29) is 11.8 Å². The highest BCUT2D eigenvalue weighted by Gasteiger charge is 2.26. The van der Waals surface area contributed by atoms with Gasteiger partial charge in [0.15, 0.2) is 0 Å². The molecule has 2 aromatic heterocycles. The van der Waals surface area contributed by atoms with E-state index in [2.05, 4.69) is 15.5 Å². The van der Waals surface area contributed by atoms with Gasteiger partial charge >= 0.3 is 0 Å². The molecular weight excluding hydrogens is 384 g/mol. The van der Waals surface area contributed by atoms with E-state index in [1.54, 1.807) is 26.5 Å². The lowest BCUT2D eigenvalue weighted by molar-refractivity contribution is 0.0295. The van der Waals surface area contributed by atoms with E-state index in [0.717, 1.165) is 5.56 Å². The number of carbonyl (C=O) groups is 2. The molecule has 0 aliphatic carbocycles. The molecule has 0 unspecified atom stereocenters. The monoisotopic (exact) mass is 408 g/mol. The van der Waals surface area contributed by atoms with E-state index in [4.69, 9.17) is 4.74 Å². The molecule has 1 fully saturated rings. The number of aromatic nitrogens is 4. The predicted octanol–water partition coefficient (Wildman–Crippen LogP) is 1.87. The van der Waals surface area contributed by atoms with Gasteiger partial charge in [0.2, 0.25) is 0 Å². The summed E-state index contributed by atoms with van der Waals surface area (Å²) >= 11 is 0. The van der Waals surface area contributed by atoms with Gasteiger partial charge in [-0.05, 0) is 30.7 Å². The highest BCUT2D eigenvalue weighted by molar-refractivity contribution is 6.08. The zero-order valence-corrected chi connectivity index (χ0v) is 16.8. The van der Waals surface area contributed by atoms with Gasteiger partial charge in [-0.25, -0.2) is 0 Å². The molecule has 1 aliphatic rings. The van der Waals surface area contributed by atoms with Gasteiger partial charge in [-0.1, -0.05) is 12.1 Å². The Morgan fingerprint density at radius 1 is 1.17 bits per heavy atom. The molecule has 1 aromatic carbocycles. The van der Waals surface area contributed by atoms with E-state index in [1.807, 2.05) is 37.4 Å². The maximum Gasteiger partial charge on any atom is 0.274 e. The molecule has 4 rings (SSSR count). The summed E-state index contributed by atoms with van der Waals surface area (Å²) < 4.78 is 8.74. The summed E-state index contributed by atoms with van der Waals surface area (Å²) in [7, 11) is 0. The Labute approximate surface area is 174 Å². The smallest absolute Gasteiger partial charge is 0.274 e. The Morgan fingerprint density at radius 2 is 2.00 bits per heavy atom. The van der Waals surface area contributed by atoms with Crippen LogP contribution >= 0.6 is 0 Å². The molecule has 1 N–H and O–H groups in total. The van der Waals surface area contributed by atoms with Crippen molar-refractivity contribution < 1.29 is 14.3 Å². The highest BCUT2D eigenvalue weighted by Crippen LogP contribution is 2.20. The molecule has 1 saturated heterocycles. The molecule has 30 heavy (non-hydrogen) atoms. The van der Waals surface area contributed by atoms with Gasteiger partial charge in [0.1, 0.15) is 5.69 Å². The summed E-state index contributed by atoms with van der Waals surface area (Å²) in [5.74, 6) is -0.440. The molecule has 0 saturated carbocycles. The lowest BCUT2D eigenvalue weighted by atomic mass is 10.1. The second-order valence-corrected chi connectivity index (χ2v) is 6.99. The molecule has 3 aromatic rings. The Kier molecular flexibility index (Phi) is 5.89. The van der Waals surface area contributed by atoms with Crippen LogP contribution < -0.4 is 5.32 Å². The van der Waals surface area contributed by atoms with E-state index >= 15 is 0 Å². The van der Waals surface area contributed by atoms with Gasteiger partial charge < -0.3 is 15.0 Å². The molecule has 0 spiro atoms. The first-order valence-corrected chi connectivity index (χ1v) is 9.96. The minimum absolute atomic E-state index is 0.152. The van der Waals surface area contributed by atoms with Crippen molar-refractivity contribution in [2.24, 2.45) is 0 Å². The summed E-state index contributed by atoms with van der Waals surface area (Å²) in [6, 6.07) is 9.21. The number of benzene rings is 1. The number of nitrogens with one attached hydrogen (secondary N) is 1. The van der Waals surface area contributed by atoms with Crippen molar-refractivity contribution in [2.75, 3.05) is 31.6 Å².